The average Bonchev–Trinajstić information content (AvgIpc) is 2.29. The van der Waals surface area contributed by atoms with Gasteiger partial charge >= 0.3 is 12.3 Å². The third-order valence-corrected chi connectivity index (χ3v) is 3.82. The van der Waals surface area contributed by atoms with Crippen LogP contribution in [0.3, 0.4) is 0 Å². The first kappa shape index (κ1) is 13.8. The molecule has 1 aliphatic carbocycles. The number of aromatic nitrogens is 2. The molecule has 0 bridgehead atoms. The summed E-state index contributed by atoms with van der Waals surface area (Å²) in [5.41, 5.74) is 1.66. The van der Waals surface area contributed by atoms with Crippen LogP contribution in [0.1, 0.15) is 24.2 Å². The van der Waals surface area contributed by atoms with Gasteiger partial charge in [0.25, 0.3) is 0 Å². The Hall–Kier alpha value is -2.12. The van der Waals surface area contributed by atoms with Gasteiger partial charge in [-0.25, -0.2) is 14.8 Å². The largest absolute Gasteiger partial charge is 0.465 e. The molecule has 1 N–H and O–H groups in total. The predicted molar refractivity (Wildman–Crippen MR) is 66.3 cm³/mol. The zero-order chi connectivity index (χ0) is 15.3. The van der Waals surface area contributed by atoms with Gasteiger partial charge in [-0.15, -0.1) is 0 Å². The van der Waals surface area contributed by atoms with E-state index in [0.29, 0.717) is 18.7 Å². The fourth-order valence-electron chi connectivity index (χ4n) is 2.93. The summed E-state index contributed by atoms with van der Waals surface area (Å²) < 4.78 is 37.0. The Bertz CT molecular complexity index is 594. The number of carbonyl (C=O) groups is 1. The summed E-state index contributed by atoms with van der Waals surface area (Å²) in [6.45, 7) is 1.06. The first-order chi connectivity index (χ1) is 9.77. The van der Waals surface area contributed by atoms with E-state index in [-0.39, 0.29) is 5.41 Å². The van der Waals surface area contributed by atoms with Crippen LogP contribution in [0.2, 0.25) is 0 Å². The van der Waals surface area contributed by atoms with E-state index in [1.807, 2.05) is 0 Å². The Kier molecular flexibility index (Phi) is 2.93. The van der Waals surface area contributed by atoms with E-state index in [1.54, 1.807) is 6.08 Å². The highest BCUT2D eigenvalue weighted by molar-refractivity contribution is 5.67. The monoisotopic (exact) mass is 299 g/mol. The third-order valence-electron chi connectivity index (χ3n) is 3.82. The smallest absolute Gasteiger partial charge is 0.451 e. The van der Waals surface area contributed by atoms with Gasteiger partial charge in [-0.3, -0.25) is 0 Å². The quantitative estimate of drug-likeness (QED) is 0.865. The van der Waals surface area contributed by atoms with Crippen molar-refractivity contribution in [3.8, 4) is 0 Å². The lowest BCUT2D eigenvalue weighted by Crippen LogP contribution is -2.61. The van der Waals surface area contributed by atoms with Crippen molar-refractivity contribution in [1.29, 1.82) is 0 Å². The van der Waals surface area contributed by atoms with Gasteiger partial charge in [-0.2, -0.15) is 13.2 Å². The molecule has 2 heterocycles. The van der Waals surface area contributed by atoms with E-state index in [1.165, 1.54) is 4.90 Å². The van der Waals surface area contributed by atoms with Crippen LogP contribution in [0, 0.1) is 5.41 Å². The van der Waals surface area contributed by atoms with Gasteiger partial charge in [0.1, 0.15) is 0 Å². The topological polar surface area (TPSA) is 66.3 Å². The number of carboxylic acid groups (broad SMARTS) is 1. The summed E-state index contributed by atoms with van der Waals surface area (Å²) in [7, 11) is 0. The van der Waals surface area contributed by atoms with Crippen LogP contribution >= 0.6 is 0 Å². The first-order valence-corrected chi connectivity index (χ1v) is 6.34. The van der Waals surface area contributed by atoms with E-state index in [2.05, 4.69) is 9.97 Å². The lowest BCUT2D eigenvalue weighted by Gasteiger charge is -2.55. The summed E-state index contributed by atoms with van der Waals surface area (Å²) in [6.07, 6.45) is 0.188. The van der Waals surface area contributed by atoms with Gasteiger partial charge in [-0.1, -0.05) is 11.6 Å². The second kappa shape index (κ2) is 4.44. The molecule has 1 aromatic heterocycles. The number of amides is 1. The Morgan fingerprint density at radius 3 is 2.33 bits per heavy atom. The summed E-state index contributed by atoms with van der Waals surface area (Å²) in [5, 5.41) is 8.78. The number of rotatable bonds is 1. The average molecular weight is 299 g/mol. The summed E-state index contributed by atoms with van der Waals surface area (Å²) in [6, 6.07) is 0. The molecule has 1 saturated carbocycles. The second-order valence-electron chi connectivity index (χ2n) is 5.63. The van der Waals surface area contributed by atoms with Crippen molar-refractivity contribution in [3.63, 3.8) is 0 Å². The van der Waals surface area contributed by atoms with Crippen molar-refractivity contribution in [3.05, 3.63) is 29.4 Å². The minimum absolute atomic E-state index is 0.0387. The number of halogens is 3. The second-order valence-corrected chi connectivity index (χ2v) is 5.63. The number of hydrogen-bond donors (Lipinski definition) is 1. The van der Waals surface area contributed by atoms with Crippen molar-refractivity contribution >= 4 is 12.2 Å². The summed E-state index contributed by atoms with van der Waals surface area (Å²) >= 11 is 0. The standard InChI is InChI=1S/C13H12F3N3O2/c14-13(15,16)10-17-4-9(5-18-10)1-8-2-12(3-8)6-19(7-12)11(20)21/h1,4-5H,2-3,6-7H2,(H,20,21). The predicted octanol–water partition coefficient (Wildman–Crippen LogP) is 2.65. The molecule has 0 atom stereocenters. The highest BCUT2D eigenvalue weighted by atomic mass is 19.4. The zero-order valence-electron chi connectivity index (χ0n) is 10.9. The zero-order valence-corrected chi connectivity index (χ0v) is 10.9. The number of hydrogen-bond acceptors (Lipinski definition) is 3. The lowest BCUT2D eigenvalue weighted by molar-refractivity contribution is -0.145. The number of nitrogens with zero attached hydrogens (tertiary/aromatic N) is 3. The molecule has 1 saturated heterocycles. The molecule has 5 nitrogen and oxygen atoms in total. The van der Waals surface area contributed by atoms with Crippen LogP contribution in [-0.2, 0) is 6.18 Å². The molecule has 2 fully saturated rings. The molecule has 1 amide bonds. The van der Waals surface area contributed by atoms with Crippen LogP contribution < -0.4 is 0 Å². The molecule has 112 valence electrons. The van der Waals surface area contributed by atoms with Crippen molar-refractivity contribution < 1.29 is 23.1 Å². The van der Waals surface area contributed by atoms with Gasteiger partial charge in [0.15, 0.2) is 0 Å². The third kappa shape index (κ3) is 2.57. The normalized spacial score (nSPS) is 20.0. The van der Waals surface area contributed by atoms with Crippen LogP contribution in [-0.4, -0.2) is 39.2 Å². The fourth-order valence-corrected chi connectivity index (χ4v) is 2.93. The Balaban J connectivity index is 1.60. The molecule has 0 aromatic carbocycles. The highest BCUT2D eigenvalue weighted by Gasteiger charge is 2.51. The van der Waals surface area contributed by atoms with Gasteiger partial charge in [-0.05, 0) is 12.8 Å². The van der Waals surface area contributed by atoms with E-state index in [0.717, 1.165) is 30.8 Å². The fraction of sp³-hybridized carbons (Fsp3) is 0.462. The van der Waals surface area contributed by atoms with Gasteiger partial charge in [0, 0.05) is 36.5 Å². The van der Waals surface area contributed by atoms with E-state index < -0.39 is 18.1 Å². The van der Waals surface area contributed by atoms with E-state index in [4.69, 9.17) is 5.11 Å². The minimum Gasteiger partial charge on any atom is -0.465 e. The molecule has 2 aliphatic rings. The van der Waals surface area contributed by atoms with Crippen molar-refractivity contribution in [2.75, 3.05) is 13.1 Å². The van der Waals surface area contributed by atoms with Gasteiger partial charge in [0.05, 0.1) is 0 Å². The molecule has 21 heavy (non-hydrogen) atoms. The molecule has 1 aliphatic heterocycles. The maximum atomic E-state index is 12.3. The minimum atomic E-state index is -4.53. The number of likely N-dealkylation sites (tertiary alicyclic amines) is 1. The van der Waals surface area contributed by atoms with Crippen molar-refractivity contribution in [2.45, 2.75) is 19.0 Å². The van der Waals surface area contributed by atoms with Crippen molar-refractivity contribution in [2.24, 2.45) is 5.41 Å². The molecule has 3 rings (SSSR count). The summed E-state index contributed by atoms with van der Waals surface area (Å²) in [4.78, 5) is 18.7. The molecule has 0 unspecified atom stereocenters. The summed E-state index contributed by atoms with van der Waals surface area (Å²) in [5.74, 6) is -1.15. The maximum absolute atomic E-state index is 12.3. The molecular formula is C13H12F3N3O2. The van der Waals surface area contributed by atoms with E-state index in [9.17, 15) is 18.0 Å². The van der Waals surface area contributed by atoms with Gasteiger partial charge < -0.3 is 10.0 Å². The molecule has 0 radical (unpaired) electrons. The number of alkyl halides is 3. The first-order valence-electron chi connectivity index (χ1n) is 6.34. The van der Waals surface area contributed by atoms with Crippen LogP contribution in [0.25, 0.3) is 6.08 Å². The van der Waals surface area contributed by atoms with Crippen LogP contribution in [0.4, 0.5) is 18.0 Å². The van der Waals surface area contributed by atoms with E-state index >= 15 is 0 Å². The molecule has 1 aromatic rings. The number of allylic oxidation sites excluding steroid dienone is 1. The van der Waals surface area contributed by atoms with Gasteiger partial charge in [0.2, 0.25) is 5.82 Å². The maximum Gasteiger partial charge on any atom is 0.451 e. The van der Waals surface area contributed by atoms with Crippen molar-refractivity contribution in [1.82, 2.24) is 14.9 Å². The Labute approximate surface area is 118 Å². The molecule has 8 heteroatoms. The van der Waals surface area contributed by atoms with Crippen LogP contribution in [0.5, 0.6) is 0 Å². The van der Waals surface area contributed by atoms with Crippen LogP contribution in [0.15, 0.2) is 18.0 Å². The SMILES string of the molecule is O=C(O)N1CC2(CC(=Cc3cnc(C(F)(F)F)nc3)C2)C1. The lowest BCUT2D eigenvalue weighted by atomic mass is 9.60. The highest BCUT2D eigenvalue weighted by Crippen LogP contribution is 2.52. The Morgan fingerprint density at radius 1 is 1.29 bits per heavy atom. The molecular weight excluding hydrogens is 287 g/mol. The Morgan fingerprint density at radius 2 is 1.86 bits per heavy atom. The molecule has 1 spiro atoms.